The Hall–Kier alpha value is -4.26. The van der Waals surface area contributed by atoms with E-state index in [0.717, 1.165) is 21.6 Å². The summed E-state index contributed by atoms with van der Waals surface area (Å²) in [6.45, 7) is 5.30. The van der Waals surface area contributed by atoms with Crippen LogP contribution in [0.1, 0.15) is 40.4 Å². The second-order valence-corrected chi connectivity index (χ2v) is 8.61. The highest BCUT2D eigenvalue weighted by molar-refractivity contribution is 6.23. The van der Waals surface area contributed by atoms with Crippen molar-refractivity contribution in [2.75, 3.05) is 4.90 Å². The SMILES string of the molecule is CC(=O)Oc1ccc(N2C(=O)CC(N(Cc3ccc(C)cc3)C(=O)c3ccccc3C)C2=O)cc1. The number of anilines is 1. The molecule has 0 spiro atoms. The molecule has 1 fully saturated rings. The standard InChI is InChI=1S/C28H26N2O5/c1-18-8-10-21(11-9-18)17-29(27(33)24-7-5-4-6-19(24)2)25-16-26(32)30(28(25)34)22-12-14-23(15-13-22)35-20(3)31/h4-15,25H,16-17H2,1-3H3. The molecule has 4 rings (SSSR count). The van der Waals surface area contributed by atoms with Crippen LogP contribution in [-0.2, 0) is 20.9 Å². The second kappa shape index (κ2) is 9.93. The first kappa shape index (κ1) is 23.9. The van der Waals surface area contributed by atoms with E-state index < -0.39 is 23.8 Å². The number of imide groups is 1. The van der Waals surface area contributed by atoms with Crippen LogP contribution < -0.4 is 9.64 Å². The van der Waals surface area contributed by atoms with Crippen molar-refractivity contribution < 1.29 is 23.9 Å². The van der Waals surface area contributed by atoms with Crippen LogP contribution in [0.25, 0.3) is 0 Å². The maximum Gasteiger partial charge on any atom is 0.308 e. The van der Waals surface area contributed by atoms with Crippen LogP contribution >= 0.6 is 0 Å². The van der Waals surface area contributed by atoms with Crippen molar-refractivity contribution in [2.24, 2.45) is 0 Å². The lowest BCUT2D eigenvalue weighted by molar-refractivity contribution is -0.132. The normalized spacial score (nSPS) is 15.3. The van der Waals surface area contributed by atoms with Gasteiger partial charge in [-0.2, -0.15) is 0 Å². The molecule has 178 valence electrons. The summed E-state index contributed by atoms with van der Waals surface area (Å²) in [5.74, 6) is -1.32. The Kier molecular flexibility index (Phi) is 6.78. The first-order valence-electron chi connectivity index (χ1n) is 11.3. The number of esters is 1. The molecule has 1 atom stereocenters. The van der Waals surface area contributed by atoms with Gasteiger partial charge < -0.3 is 9.64 Å². The van der Waals surface area contributed by atoms with Gasteiger partial charge in [0.1, 0.15) is 11.8 Å². The summed E-state index contributed by atoms with van der Waals surface area (Å²) in [7, 11) is 0. The minimum absolute atomic E-state index is 0.117. The van der Waals surface area contributed by atoms with Gasteiger partial charge in [0.15, 0.2) is 0 Å². The largest absolute Gasteiger partial charge is 0.427 e. The molecule has 0 radical (unpaired) electrons. The lowest BCUT2D eigenvalue weighted by Gasteiger charge is -2.28. The predicted octanol–water partition coefficient (Wildman–Crippen LogP) is 4.20. The lowest BCUT2D eigenvalue weighted by atomic mass is 10.0. The van der Waals surface area contributed by atoms with Crippen LogP contribution in [-0.4, -0.2) is 34.6 Å². The molecule has 7 nitrogen and oxygen atoms in total. The van der Waals surface area contributed by atoms with E-state index in [9.17, 15) is 19.2 Å². The van der Waals surface area contributed by atoms with Crippen molar-refractivity contribution >= 4 is 29.4 Å². The van der Waals surface area contributed by atoms with Crippen molar-refractivity contribution in [2.45, 2.75) is 39.8 Å². The molecule has 1 saturated heterocycles. The number of amides is 3. The van der Waals surface area contributed by atoms with E-state index in [1.165, 1.54) is 24.0 Å². The third kappa shape index (κ3) is 5.14. The topological polar surface area (TPSA) is 84.0 Å². The van der Waals surface area contributed by atoms with Gasteiger partial charge in [0, 0.05) is 19.0 Å². The number of ether oxygens (including phenoxy) is 1. The number of carbonyl (C=O) groups is 4. The van der Waals surface area contributed by atoms with E-state index in [1.54, 1.807) is 24.3 Å². The summed E-state index contributed by atoms with van der Waals surface area (Å²) in [6.07, 6.45) is -0.117. The van der Waals surface area contributed by atoms with Gasteiger partial charge >= 0.3 is 5.97 Å². The average molecular weight is 471 g/mol. The number of benzene rings is 3. The average Bonchev–Trinajstić information content (AvgIpc) is 3.12. The summed E-state index contributed by atoms with van der Waals surface area (Å²) in [5.41, 5.74) is 3.59. The van der Waals surface area contributed by atoms with Gasteiger partial charge in [0.25, 0.3) is 11.8 Å². The van der Waals surface area contributed by atoms with Crippen molar-refractivity contribution in [3.05, 3.63) is 95.1 Å². The lowest BCUT2D eigenvalue weighted by Crippen LogP contribution is -2.45. The van der Waals surface area contributed by atoms with E-state index in [1.807, 2.05) is 50.2 Å². The van der Waals surface area contributed by atoms with Crippen molar-refractivity contribution in [1.29, 1.82) is 0 Å². The molecule has 3 aromatic carbocycles. The molecule has 0 bridgehead atoms. The highest BCUT2D eigenvalue weighted by atomic mass is 16.5. The summed E-state index contributed by atoms with van der Waals surface area (Å²) in [6, 6.07) is 20.1. The minimum Gasteiger partial charge on any atom is -0.427 e. The van der Waals surface area contributed by atoms with Crippen LogP contribution in [0.4, 0.5) is 5.69 Å². The molecule has 0 aliphatic carbocycles. The number of hydrogen-bond acceptors (Lipinski definition) is 5. The Balaban J connectivity index is 1.66. The molecule has 0 N–H and O–H groups in total. The molecule has 1 heterocycles. The second-order valence-electron chi connectivity index (χ2n) is 8.61. The molecular formula is C28H26N2O5. The number of hydrogen-bond donors (Lipinski definition) is 0. The van der Waals surface area contributed by atoms with Crippen molar-refractivity contribution in [3.8, 4) is 5.75 Å². The van der Waals surface area contributed by atoms with Gasteiger partial charge in [0.2, 0.25) is 5.91 Å². The zero-order chi connectivity index (χ0) is 25.1. The molecule has 1 aliphatic heterocycles. The molecule has 1 aliphatic rings. The Morgan fingerprint density at radius 2 is 1.60 bits per heavy atom. The highest BCUT2D eigenvalue weighted by Crippen LogP contribution is 2.29. The molecule has 3 aromatic rings. The predicted molar refractivity (Wildman–Crippen MR) is 131 cm³/mol. The van der Waals surface area contributed by atoms with Crippen molar-refractivity contribution in [3.63, 3.8) is 0 Å². The molecule has 3 amide bonds. The van der Waals surface area contributed by atoms with E-state index in [-0.39, 0.29) is 18.9 Å². The fourth-order valence-electron chi connectivity index (χ4n) is 4.14. The van der Waals surface area contributed by atoms with Crippen LogP contribution in [0.3, 0.4) is 0 Å². The van der Waals surface area contributed by atoms with Crippen LogP contribution in [0.5, 0.6) is 5.75 Å². The molecule has 0 saturated carbocycles. The Labute approximate surface area is 203 Å². The fourth-order valence-corrected chi connectivity index (χ4v) is 4.14. The summed E-state index contributed by atoms with van der Waals surface area (Å²) in [4.78, 5) is 53.9. The van der Waals surface area contributed by atoms with Crippen molar-refractivity contribution in [1.82, 2.24) is 4.90 Å². The van der Waals surface area contributed by atoms with E-state index >= 15 is 0 Å². The fraction of sp³-hybridized carbons (Fsp3) is 0.214. The van der Waals surface area contributed by atoms with Gasteiger partial charge in [-0.25, -0.2) is 4.90 Å². The monoisotopic (exact) mass is 470 g/mol. The summed E-state index contributed by atoms with van der Waals surface area (Å²) in [5, 5.41) is 0. The zero-order valence-electron chi connectivity index (χ0n) is 19.9. The summed E-state index contributed by atoms with van der Waals surface area (Å²) >= 11 is 0. The third-order valence-corrected chi connectivity index (χ3v) is 5.97. The first-order chi connectivity index (χ1) is 16.7. The van der Waals surface area contributed by atoms with E-state index in [0.29, 0.717) is 17.0 Å². The Morgan fingerprint density at radius 3 is 2.23 bits per heavy atom. The molecule has 1 unspecified atom stereocenters. The van der Waals surface area contributed by atoms with Gasteiger partial charge in [-0.3, -0.25) is 19.2 Å². The van der Waals surface area contributed by atoms with Crippen LogP contribution in [0.2, 0.25) is 0 Å². The Bertz CT molecular complexity index is 1280. The van der Waals surface area contributed by atoms with Gasteiger partial charge in [-0.15, -0.1) is 0 Å². The maximum absolute atomic E-state index is 13.7. The third-order valence-electron chi connectivity index (χ3n) is 5.97. The summed E-state index contributed by atoms with van der Waals surface area (Å²) < 4.78 is 5.03. The van der Waals surface area contributed by atoms with Crippen LogP contribution in [0.15, 0.2) is 72.8 Å². The zero-order valence-corrected chi connectivity index (χ0v) is 19.9. The van der Waals surface area contributed by atoms with Gasteiger partial charge in [-0.05, 0) is 55.3 Å². The number of aryl methyl sites for hydroxylation is 2. The number of rotatable bonds is 6. The smallest absolute Gasteiger partial charge is 0.308 e. The Morgan fingerprint density at radius 1 is 0.943 bits per heavy atom. The van der Waals surface area contributed by atoms with E-state index in [4.69, 9.17) is 4.74 Å². The minimum atomic E-state index is -0.941. The van der Waals surface area contributed by atoms with Gasteiger partial charge in [-0.1, -0.05) is 48.0 Å². The maximum atomic E-state index is 13.7. The molecule has 35 heavy (non-hydrogen) atoms. The number of carbonyl (C=O) groups excluding carboxylic acids is 4. The highest BCUT2D eigenvalue weighted by Gasteiger charge is 2.44. The first-order valence-corrected chi connectivity index (χ1v) is 11.3. The number of nitrogens with zero attached hydrogens (tertiary/aromatic N) is 2. The molecule has 7 heteroatoms. The van der Waals surface area contributed by atoms with Crippen LogP contribution in [0, 0.1) is 13.8 Å². The van der Waals surface area contributed by atoms with E-state index in [2.05, 4.69) is 0 Å². The molecule has 0 aromatic heterocycles. The molecular weight excluding hydrogens is 444 g/mol. The quantitative estimate of drug-likeness (QED) is 0.306. The van der Waals surface area contributed by atoms with Gasteiger partial charge in [0.05, 0.1) is 12.1 Å².